The summed E-state index contributed by atoms with van der Waals surface area (Å²) in [6.07, 6.45) is 27.5. The molecule has 1 rings (SSSR count). The number of carbonyl (C=O) groups is 3. The molecule has 0 N–H and O–H groups in total. The maximum absolute atomic E-state index is 13.7. The van der Waals surface area contributed by atoms with Crippen LogP contribution in [0.4, 0.5) is 0 Å². The average molecular weight is 737 g/mol. The summed E-state index contributed by atoms with van der Waals surface area (Å²) in [6.45, 7) is 15.0. The highest BCUT2D eigenvalue weighted by Gasteiger charge is 2.25. The minimum Gasteiger partial charge on any atom is -0.464 e. The number of hydrogen-bond donors (Lipinski definition) is 0. The highest BCUT2D eigenvalue weighted by Crippen LogP contribution is 2.22. The quantitative estimate of drug-likeness (QED) is 0.0473. The van der Waals surface area contributed by atoms with Gasteiger partial charge in [-0.05, 0) is 32.6 Å². The van der Waals surface area contributed by atoms with Crippen molar-refractivity contribution in [1.29, 1.82) is 0 Å². The summed E-state index contributed by atoms with van der Waals surface area (Å²) in [4.78, 5) is 44.5. The van der Waals surface area contributed by atoms with Crippen LogP contribution in [-0.2, 0) is 28.6 Å². The van der Waals surface area contributed by atoms with E-state index in [-0.39, 0.29) is 48.9 Å². The summed E-state index contributed by atoms with van der Waals surface area (Å²) in [5.41, 5.74) is 0. The Labute approximate surface area is 321 Å². The summed E-state index contributed by atoms with van der Waals surface area (Å²) in [6, 6.07) is 0.0821. The zero-order valence-corrected chi connectivity index (χ0v) is 34.9. The first-order valence-corrected chi connectivity index (χ1v) is 22.3. The number of carbonyl (C=O) groups excluding carboxylic acids is 3. The summed E-state index contributed by atoms with van der Waals surface area (Å²) in [5.74, 6) is -0.374. The van der Waals surface area contributed by atoms with Crippen LogP contribution < -0.4 is 0 Å². The van der Waals surface area contributed by atoms with Gasteiger partial charge in [0, 0.05) is 25.6 Å². The van der Waals surface area contributed by atoms with Crippen LogP contribution in [0.2, 0.25) is 0 Å². The number of esters is 2. The fourth-order valence-electron chi connectivity index (χ4n) is 7.38. The van der Waals surface area contributed by atoms with Crippen molar-refractivity contribution in [1.82, 2.24) is 9.80 Å². The molecule has 8 heteroatoms. The molecule has 8 nitrogen and oxygen atoms in total. The van der Waals surface area contributed by atoms with Gasteiger partial charge in [0.05, 0.1) is 38.1 Å². The van der Waals surface area contributed by atoms with Gasteiger partial charge in [-0.3, -0.25) is 19.3 Å². The maximum atomic E-state index is 13.7. The molecule has 1 aliphatic rings. The number of nitrogens with zero attached hydrogens (tertiary/aromatic N) is 2. The van der Waals surface area contributed by atoms with Gasteiger partial charge in [0.2, 0.25) is 5.91 Å². The molecular weight excluding hydrogens is 652 g/mol. The largest absolute Gasteiger partial charge is 0.464 e. The fourth-order valence-corrected chi connectivity index (χ4v) is 7.38. The van der Waals surface area contributed by atoms with E-state index in [2.05, 4.69) is 39.5 Å². The second kappa shape index (κ2) is 33.9. The Bertz CT molecular complexity index is 814. The van der Waals surface area contributed by atoms with E-state index in [1.165, 1.54) is 89.9 Å². The van der Waals surface area contributed by atoms with Crippen molar-refractivity contribution in [3.63, 3.8) is 0 Å². The van der Waals surface area contributed by atoms with E-state index in [4.69, 9.17) is 14.2 Å². The van der Waals surface area contributed by atoms with Gasteiger partial charge >= 0.3 is 11.9 Å². The second-order valence-electron chi connectivity index (χ2n) is 15.6. The molecule has 0 aromatic rings. The minimum absolute atomic E-state index is 0.0116. The van der Waals surface area contributed by atoms with Gasteiger partial charge in [0.15, 0.2) is 0 Å². The van der Waals surface area contributed by atoms with E-state index < -0.39 is 0 Å². The van der Waals surface area contributed by atoms with E-state index in [1.807, 2.05) is 0 Å². The molecule has 306 valence electrons. The lowest BCUT2D eigenvalue weighted by Gasteiger charge is -2.33. The maximum Gasteiger partial charge on any atom is 0.308 e. The second-order valence-corrected chi connectivity index (χ2v) is 15.6. The van der Waals surface area contributed by atoms with Crippen molar-refractivity contribution in [3.8, 4) is 0 Å². The standard InChI is InChI=1S/C44H84N2O6/c1-6-10-14-18-20-24-28-40(26-22-16-12-8-3)43(48)51-36-32-46(42(47)38-39(5)45-30-34-50-35-31-45)33-37-52-44(49)41(27-23-17-13-9-4)29-25-21-19-15-11-7-2/h39-41H,6-38H2,1-5H3. The summed E-state index contributed by atoms with van der Waals surface area (Å²) >= 11 is 0. The monoisotopic (exact) mass is 737 g/mol. The Morgan fingerprint density at radius 2 is 0.904 bits per heavy atom. The number of hydrogen-bond acceptors (Lipinski definition) is 7. The molecular formula is C44H84N2O6. The molecule has 0 aromatic carbocycles. The molecule has 1 heterocycles. The molecule has 0 bridgehead atoms. The molecule has 1 fully saturated rings. The van der Waals surface area contributed by atoms with Crippen molar-refractivity contribution < 1.29 is 28.6 Å². The van der Waals surface area contributed by atoms with Crippen molar-refractivity contribution >= 4 is 17.8 Å². The molecule has 0 spiro atoms. The molecule has 0 aliphatic carbocycles. The zero-order chi connectivity index (χ0) is 38.1. The zero-order valence-electron chi connectivity index (χ0n) is 34.9. The molecule has 1 saturated heterocycles. The fraction of sp³-hybridized carbons (Fsp3) is 0.932. The SMILES string of the molecule is CCCCCCCCC(CCCCCC)C(=O)OCCN(CCOC(=O)C(CCCCCC)CCCCCCCC)C(=O)CC(C)N1CCOCC1. The third-order valence-electron chi connectivity index (χ3n) is 11.0. The molecule has 3 atom stereocenters. The van der Waals surface area contributed by atoms with Crippen LogP contribution in [0.3, 0.4) is 0 Å². The van der Waals surface area contributed by atoms with Crippen LogP contribution in [0.25, 0.3) is 0 Å². The molecule has 52 heavy (non-hydrogen) atoms. The molecule has 0 aromatic heterocycles. The molecule has 0 saturated carbocycles. The van der Waals surface area contributed by atoms with E-state index in [0.717, 1.165) is 77.3 Å². The molecule has 0 radical (unpaired) electrons. The van der Waals surface area contributed by atoms with Crippen LogP contribution in [0, 0.1) is 11.8 Å². The highest BCUT2D eigenvalue weighted by atomic mass is 16.5. The topological polar surface area (TPSA) is 85.4 Å². The van der Waals surface area contributed by atoms with Crippen molar-refractivity contribution in [2.75, 3.05) is 52.6 Å². The van der Waals surface area contributed by atoms with Crippen LogP contribution in [0.15, 0.2) is 0 Å². The van der Waals surface area contributed by atoms with Gasteiger partial charge in [-0.15, -0.1) is 0 Å². The Morgan fingerprint density at radius 1 is 0.558 bits per heavy atom. The van der Waals surface area contributed by atoms with Crippen molar-refractivity contribution in [2.45, 2.75) is 201 Å². The van der Waals surface area contributed by atoms with Crippen LogP contribution >= 0.6 is 0 Å². The Morgan fingerprint density at radius 3 is 1.29 bits per heavy atom. The first kappa shape index (κ1) is 48.3. The predicted octanol–water partition coefficient (Wildman–Crippen LogP) is 10.7. The Balaban J connectivity index is 2.82. The number of ether oxygens (including phenoxy) is 3. The lowest BCUT2D eigenvalue weighted by atomic mass is 9.94. The van der Waals surface area contributed by atoms with Crippen molar-refractivity contribution in [2.24, 2.45) is 11.8 Å². The number of unbranched alkanes of at least 4 members (excludes halogenated alkanes) is 16. The number of amides is 1. The van der Waals surface area contributed by atoms with E-state index in [0.29, 0.717) is 32.7 Å². The van der Waals surface area contributed by atoms with Crippen LogP contribution in [-0.4, -0.2) is 86.3 Å². The molecule has 1 amide bonds. The lowest BCUT2D eigenvalue weighted by Crippen LogP contribution is -2.46. The first-order chi connectivity index (χ1) is 25.4. The Kier molecular flexibility index (Phi) is 31.5. The van der Waals surface area contributed by atoms with Crippen LogP contribution in [0.1, 0.15) is 195 Å². The smallest absolute Gasteiger partial charge is 0.308 e. The normalized spacial score (nSPS) is 15.2. The van der Waals surface area contributed by atoms with Gasteiger partial charge in [-0.2, -0.15) is 0 Å². The van der Waals surface area contributed by atoms with E-state index >= 15 is 0 Å². The summed E-state index contributed by atoms with van der Waals surface area (Å²) in [5, 5.41) is 0. The Hall–Kier alpha value is -1.67. The summed E-state index contributed by atoms with van der Waals surface area (Å²) < 4.78 is 17.3. The van der Waals surface area contributed by atoms with Crippen LogP contribution in [0.5, 0.6) is 0 Å². The first-order valence-electron chi connectivity index (χ1n) is 22.3. The van der Waals surface area contributed by atoms with Gasteiger partial charge in [0.25, 0.3) is 0 Å². The van der Waals surface area contributed by atoms with Gasteiger partial charge in [-0.25, -0.2) is 0 Å². The predicted molar refractivity (Wildman–Crippen MR) is 215 cm³/mol. The third-order valence-corrected chi connectivity index (χ3v) is 11.0. The average Bonchev–Trinajstić information content (AvgIpc) is 3.15. The summed E-state index contributed by atoms with van der Waals surface area (Å²) in [7, 11) is 0. The molecule has 3 unspecified atom stereocenters. The highest BCUT2D eigenvalue weighted by molar-refractivity contribution is 5.77. The van der Waals surface area contributed by atoms with E-state index in [9.17, 15) is 14.4 Å². The van der Waals surface area contributed by atoms with Gasteiger partial charge in [-0.1, -0.05) is 156 Å². The van der Waals surface area contributed by atoms with Gasteiger partial charge in [0.1, 0.15) is 13.2 Å². The number of rotatable bonds is 35. The lowest BCUT2D eigenvalue weighted by molar-refractivity contribution is -0.152. The molecule has 1 aliphatic heterocycles. The van der Waals surface area contributed by atoms with Crippen molar-refractivity contribution in [3.05, 3.63) is 0 Å². The van der Waals surface area contributed by atoms with E-state index in [1.54, 1.807) is 4.90 Å². The van der Waals surface area contributed by atoms with Gasteiger partial charge < -0.3 is 19.1 Å². The minimum atomic E-state index is -0.119. The number of morpholine rings is 1. The third kappa shape index (κ3) is 24.6.